The summed E-state index contributed by atoms with van der Waals surface area (Å²) in [6.07, 6.45) is 18.8. The van der Waals surface area contributed by atoms with Crippen molar-refractivity contribution in [3.63, 3.8) is 0 Å². The zero-order valence-corrected chi connectivity index (χ0v) is 15.1. The van der Waals surface area contributed by atoms with Gasteiger partial charge in [0.25, 0.3) is 0 Å². The van der Waals surface area contributed by atoms with Gasteiger partial charge in [-0.2, -0.15) is 5.26 Å². The van der Waals surface area contributed by atoms with E-state index in [-0.39, 0.29) is 5.41 Å². The van der Waals surface area contributed by atoms with Gasteiger partial charge in [-0.15, -0.1) is 0 Å². The summed E-state index contributed by atoms with van der Waals surface area (Å²) in [5.41, 5.74) is 0.0467. The van der Waals surface area contributed by atoms with E-state index in [9.17, 15) is 5.26 Å². The van der Waals surface area contributed by atoms with E-state index in [0.717, 1.165) is 24.2 Å². The first-order valence-electron chi connectivity index (χ1n) is 10.1. The van der Waals surface area contributed by atoms with Gasteiger partial charge < -0.3 is 0 Å². The maximum atomic E-state index is 9.68. The lowest BCUT2D eigenvalue weighted by Crippen LogP contribution is -2.31. The highest BCUT2D eigenvalue weighted by atomic mass is 14.4. The van der Waals surface area contributed by atoms with Gasteiger partial charge in [0.1, 0.15) is 0 Å². The number of nitriles is 1. The van der Waals surface area contributed by atoms with Crippen LogP contribution in [0.3, 0.4) is 0 Å². The third-order valence-corrected chi connectivity index (χ3v) is 6.74. The fourth-order valence-electron chi connectivity index (χ4n) is 5.15. The Kier molecular flexibility index (Phi) is 7.26. The van der Waals surface area contributed by atoms with Crippen molar-refractivity contribution in [3.8, 4) is 6.07 Å². The Morgan fingerprint density at radius 2 is 1.50 bits per heavy atom. The van der Waals surface area contributed by atoms with Gasteiger partial charge in [0, 0.05) is 0 Å². The number of rotatable bonds is 7. The van der Waals surface area contributed by atoms with E-state index in [1.165, 1.54) is 83.5 Å². The maximum absolute atomic E-state index is 9.68. The maximum Gasteiger partial charge on any atom is 0.0689 e. The van der Waals surface area contributed by atoms with Crippen molar-refractivity contribution in [1.82, 2.24) is 0 Å². The first-order valence-corrected chi connectivity index (χ1v) is 10.1. The monoisotopic (exact) mass is 303 g/mol. The predicted molar refractivity (Wildman–Crippen MR) is 94.5 cm³/mol. The molecule has 22 heavy (non-hydrogen) atoms. The molecule has 2 fully saturated rings. The van der Waals surface area contributed by atoms with Crippen molar-refractivity contribution < 1.29 is 0 Å². The second kappa shape index (κ2) is 8.95. The average Bonchev–Trinajstić information content (AvgIpc) is 2.57. The smallest absolute Gasteiger partial charge is 0.0689 e. The van der Waals surface area contributed by atoms with Crippen molar-refractivity contribution in [2.75, 3.05) is 0 Å². The van der Waals surface area contributed by atoms with Crippen molar-refractivity contribution >= 4 is 0 Å². The average molecular weight is 304 g/mol. The number of hydrogen-bond acceptors (Lipinski definition) is 1. The van der Waals surface area contributed by atoms with Gasteiger partial charge in [-0.25, -0.2) is 0 Å². The van der Waals surface area contributed by atoms with Gasteiger partial charge >= 0.3 is 0 Å². The van der Waals surface area contributed by atoms with E-state index in [4.69, 9.17) is 0 Å². The molecule has 1 nitrogen and oxygen atoms in total. The lowest BCUT2D eigenvalue weighted by molar-refractivity contribution is 0.115. The summed E-state index contributed by atoms with van der Waals surface area (Å²) >= 11 is 0. The lowest BCUT2D eigenvalue weighted by atomic mass is 9.63. The van der Waals surface area contributed by atoms with E-state index in [1.807, 2.05) is 0 Å². The van der Waals surface area contributed by atoms with Gasteiger partial charge in [0.2, 0.25) is 0 Å². The van der Waals surface area contributed by atoms with E-state index >= 15 is 0 Å². The SMILES string of the molecule is CCCCCC1(C#N)CCC(C2CCC(CCC)CC2)CC1. The molecule has 0 N–H and O–H groups in total. The van der Waals surface area contributed by atoms with E-state index in [1.54, 1.807) is 0 Å². The molecule has 2 saturated carbocycles. The molecule has 1 heteroatoms. The summed E-state index contributed by atoms with van der Waals surface area (Å²) in [7, 11) is 0. The van der Waals surface area contributed by atoms with Crippen LogP contribution in [0.2, 0.25) is 0 Å². The van der Waals surface area contributed by atoms with Gasteiger partial charge in [-0.3, -0.25) is 0 Å². The first kappa shape index (κ1) is 17.8. The Balaban J connectivity index is 1.76. The van der Waals surface area contributed by atoms with Crippen molar-refractivity contribution in [3.05, 3.63) is 0 Å². The fourth-order valence-corrected chi connectivity index (χ4v) is 5.15. The van der Waals surface area contributed by atoms with Crippen LogP contribution in [-0.4, -0.2) is 0 Å². The van der Waals surface area contributed by atoms with Crippen LogP contribution in [0.5, 0.6) is 0 Å². The molecule has 2 aliphatic carbocycles. The summed E-state index contributed by atoms with van der Waals surface area (Å²) in [6.45, 7) is 4.58. The molecule has 0 amide bonds. The Labute approximate surface area is 138 Å². The van der Waals surface area contributed by atoms with Crippen LogP contribution in [0, 0.1) is 34.5 Å². The summed E-state index contributed by atoms with van der Waals surface area (Å²) in [4.78, 5) is 0. The highest BCUT2D eigenvalue weighted by Gasteiger charge is 2.38. The van der Waals surface area contributed by atoms with Crippen LogP contribution in [0.15, 0.2) is 0 Å². The minimum absolute atomic E-state index is 0.0467. The molecular weight excluding hydrogens is 266 g/mol. The standard InChI is InChI=1S/C21H37N/c1-3-5-6-14-21(17-22)15-12-20(13-16-21)19-10-8-18(7-4-2)9-11-19/h18-20H,3-16H2,1-2H3. The predicted octanol–water partition coefficient (Wildman–Crippen LogP) is 6.87. The van der Waals surface area contributed by atoms with Crippen LogP contribution in [-0.2, 0) is 0 Å². The Bertz CT molecular complexity index is 337. The second-order valence-electron chi connectivity index (χ2n) is 8.26. The topological polar surface area (TPSA) is 23.8 Å². The number of hydrogen-bond donors (Lipinski definition) is 0. The molecule has 0 aromatic rings. The molecule has 0 aliphatic heterocycles. The Morgan fingerprint density at radius 3 is 2.05 bits per heavy atom. The van der Waals surface area contributed by atoms with Crippen molar-refractivity contribution in [2.24, 2.45) is 23.2 Å². The first-order chi connectivity index (χ1) is 10.7. The van der Waals surface area contributed by atoms with Crippen LogP contribution >= 0.6 is 0 Å². The van der Waals surface area contributed by atoms with Crippen LogP contribution in [0.25, 0.3) is 0 Å². The van der Waals surface area contributed by atoms with Gasteiger partial charge in [-0.05, 0) is 62.7 Å². The normalized spacial score (nSPS) is 36.0. The summed E-state index contributed by atoms with van der Waals surface area (Å²) in [5.74, 6) is 2.95. The summed E-state index contributed by atoms with van der Waals surface area (Å²) < 4.78 is 0. The quantitative estimate of drug-likeness (QED) is 0.470. The molecule has 126 valence electrons. The van der Waals surface area contributed by atoms with Gasteiger partial charge in [0.15, 0.2) is 0 Å². The van der Waals surface area contributed by atoms with Crippen molar-refractivity contribution in [1.29, 1.82) is 5.26 Å². The fraction of sp³-hybridized carbons (Fsp3) is 0.952. The molecule has 0 aromatic heterocycles. The molecule has 0 spiro atoms. The van der Waals surface area contributed by atoms with Crippen molar-refractivity contribution in [2.45, 2.75) is 104 Å². The summed E-state index contributed by atoms with van der Waals surface area (Å²) in [5, 5.41) is 9.68. The lowest BCUT2D eigenvalue weighted by Gasteiger charge is -2.40. The second-order valence-corrected chi connectivity index (χ2v) is 8.26. The minimum atomic E-state index is 0.0467. The van der Waals surface area contributed by atoms with E-state index in [0.29, 0.717) is 0 Å². The largest absolute Gasteiger partial charge is 0.198 e. The molecule has 0 aromatic carbocycles. The third-order valence-electron chi connectivity index (χ3n) is 6.74. The van der Waals surface area contributed by atoms with Gasteiger partial charge in [-0.1, -0.05) is 58.8 Å². The van der Waals surface area contributed by atoms with Crippen LogP contribution in [0.4, 0.5) is 0 Å². The van der Waals surface area contributed by atoms with Crippen LogP contribution < -0.4 is 0 Å². The highest BCUT2D eigenvalue weighted by molar-refractivity contribution is 5.02. The Hall–Kier alpha value is -0.510. The molecular formula is C21H37N. The molecule has 0 bridgehead atoms. The number of nitrogens with zero attached hydrogens (tertiary/aromatic N) is 1. The zero-order valence-electron chi connectivity index (χ0n) is 15.1. The van der Waals surface area contributed by atoms with E-state index in [2.05, 4.69) is 19.9 Å². The molecule has 2 rings (SSSR count). The zero-order chi connectivity index (χ0) is 15.8. The number of unbranched alkanes of at least 4 members (excludes halogenated alkanes) is 2. The van der Waals surface area contributed by atoms with Gasteiger partial charge in [0.05, 0.1) is 11.5 Å². The van der Waals surface area contributed by atoms with Crippen LogP contribution in [0.1, 0.15) is 104 Å². The molecule has 0 heterocycles. The summed E-state index contributed by atoms with van der Waals surface area (Å²) in [6, 6.07) is 2.72. The molecule has 0 radical (unpaired) electrons. The Morgan fingerprint density at radius 1 is 0.864 bits per heavy atom. The molecule has 0 unspecified atom stereocenters. The minimum Gasteiger partial charge on any atom is -0.198 e. The highest BCUT2D eigenvalue weighted by Crippen LogP contribution is 2.47. The van der Waals surface area contributed by atoms with E-state index < -0.39 is 0 Å². The molecule has 0 saturated heterocycles. The molecule has 0 atom stereocenters. The molecule has 2 aliphatic rings. The third kappa shape index (κ3) is 4.74.